The SMILES string of the molecule is CCCCCCCCCCCCCC(=O)O.CCCCCCCCCCCCCC(=O)O.OCC(O)CO.OCCO. The minimum absolute atomic E-state index is 0.125. The number of aliphatic carboxylic acids is 2. The zero-order valence-electron chi connectivity index (χ0n) is 27.3. The summed E-state index contributed by atoms with van der Waals surface area (Å²) in [7, 11) is 0. The van der Waals surface area contributed by atoms with E-state index < -0.39 is 18.0 Å². The van der Waals surface area contributed by atoms with Gasteiger partial charge in [0.05, 0.1) is 26.4 Å². The maximum atomic E-state index is 10.3. The van der Waals surface area contributed by atoms with Crippen molar-refractivity contribution in [2.24, 2.45) is 0 Å². The number of carboxylic acid groups (broad SMARTS) is 2. The standard InChI is InChI=1S/2C14H28O2.C3H8O3.C2H6O2/c2*1-2-3-4-5-6-7-8-9-10-11-12-13-14(15)16;4-1-3(6)2-5;3-1-2-4/h2*2-13H2,1H3,(H,15,16);3-6H,1-2H2;3-4H,1-2H2. The summed E-state index contributed by atoms with van der Waals surface area (Å²) in [5.41, 5.74) is 0. The van der Waals surface area contributed by atoms with Crippen LogP contribution in [0, 0.1) is 0 Å². The van der Waals surface area contributed by atoms with Crippen molar-refractivity contribution in [3.8, 4) is 0 Å². The highest BCUT2D eigenvalue weighted by molar-refractivity contribution is 5.66. The van der Waals surface area contributed by atoms with E-state index in [4.69, 9.17) is 35.7 Å². The molecule has 0 aliphatic rings. The number of aliphatic hydroxyl groups excluding tert-OH is 5. The third-order valence-corrected chi connectivity index (χ3v) is 6.51. The Bertz CT molecular complexity index is 448. The molecule has 0 unspecified atom stereocenters. The quantitative estimate of drug-likeness (QED) is 0.0490. The van der Waals surface area contributed by atoms with Gasteiger partial charge in [-0.1, -0.05) is 142 Å². The van der Waals surface area contributed by atoms with E-state index >= 15 is 0 Å². The van der Waals surface area contributed by atoms with Gasteiger partial charge in [0.2, 0.25) is 0 Å². The van der Waals surface area contributed by atoms with Crippen molar-refractivity contribution < 1.29 is 45.3 Å². The van der Waals surface area contributed by atoms with E-state index in [9.17, 15) is 9.59 Å². The van der Waals surface area contributed by atoms with Crippen LogP contribution < -0.4 is 0 Å². The number of carbonyl (C=O) groups is 2. The molecule has 9 nitrogen and oxygen atoms in total. The van der Waals surface area contributed by atoms with Crippen molar-refractivity contribution >= 4 is 11.9 Å². The zero-order valence-corrected chi connectivity index (χ0v) is 27.3. The van der Waals surface area contributed by atoms with Crippen LogP contribution in [-0.2, 0) is 9.59 Å². The molecule has 0 aliphatic carbocycles. The summed E-state index contributed by atoms with van der Waals surface area (Å²) in [6.07, 6.45) is 27.8. The highest BCUT2D eigenvalue weighted by Crippen LogP contribution is 2.13. The second-order valence-corrected chi connectivity index (χ2v) is 10.8. The van der Waals surface area contributed by atoms with Gasteiger partial charge < -0.3 is 35.7 Å². The van der Waals surface area contributed by atoms with Crippen LogP contribution in [0.3, 0.4) is 0 Å². The third-order valence-electron chi connectivity index (χ3n) is 6.51. The minimum Gasteiger partial charge on any atom is -0.481 e. The second-order valence-electron chi connectivity index (χ2n) is 10.8. The van der Waals surface area contributed by atoms with Gasteiger partial charge in [-0.15, -0.1) is 0 Å². The van der Waals surface area contributed by atoms with Crippen molar-refractivity contribution in [2.75, 3.05) is 26.4 Å². The van der Waals surface area contributed by atoms with E-state index in [1.54, 1.807) is 0 Å². The normalized spacial score (nSPS) is 10.2. The third kappa shape index (κ3) is 62.4. The number of aliphatic hydroxyl groups is 5. The number of hydrogen-bond acceptors (Lipinski definition) is 7. The molecule has 0 rings (SSSR count). The number of hydrogen-bond donors (Lipinski definition) is 7. The molecule has 0 spiro atoms. The molecule has 0 aromatic rings. The van der Waals surface area contributed by atoms with E-state index in [1.807, 2.05) is 0 Å². The van der Waals surface area contributed by atoms with Gasteiger partial charge in [0.1, 0.15) is 6.10 Å². The van der Waals surface area contributed by atoms with Gasteiger partial charge in [0.15, 0.2) is 0 Å². The molecule has 0 fully saturated rings. The highest BCUT2D eigenvalue weighted by atomic mass is 16.4. The van der Waals surface area contributed by atoms with Crippen LogP contribution in [-0.4, -0.2) is 80.2 Å². The van der Waals surface area contributed by atoms with Gasteiger partial charge in [0, 0.05) is 12.8 Å². The molecule has 0 saturated heterocycles. The molecule has 0 aromatic heterocycles. The average molecular weight is 611 g/mol. The summed E-state index contributed by atoms with van der Waals surface area (Å²) in [6.45, 7) is 3.52. The van der Waals surface area contributed by atoms with E-state index in [-0.39, 0.29) is 26.4 Å². The van der Waals surface area contributed by atoms with Crippen LogP contribution in [0.5, 0.6) is 0 Å². The van der Waals surface area contributed by atoms with Crippen molar-refractivity contribution in [3.05, 3.63) is 0 Å². The molecule has 0 bridgehead atoms. The first kappa shape index (κ1) is 47.7. The minimum atomic E-state index is -0.954. The summed E-state index contributed by atoms with van der Waals surface area (Å²) in [5, 5.41) is 56.2. The van der Waals surface area contributed by atoms with E-state index in [0.29, 0.717) is 12.8 Å². The first-order valence-electron chi connectivity index (χ1n) is 16.8. The predicted molar refractivity (Wildman–Crippen MR) is 172 cm³/mol. The Hall–Kier alpha value is -1.26. The first-order chi connectivity index (χ1) is 20.3. The van der Waals surface area contributed by atoms with Gasteiger partial charge in [0.25, 0.3) is 0 Å². The van der Waals surface area contributed by atoms with E-state index in [1.165, 1.54) is 116 Å². The topological polar surface area (TPSA) is 176 Å². The monoisotopic (exact) mass is 611 g/mol. The molecule has 9 heteroatoms. The Morgan fingerprint density at radius 1 is 0.429 bits per heavy atom. The van der Waals surface area contributed by atoms with Crippen LogP contribution in [0.4, 0.5) is 0 Å². The molecule has 42 heavy (non-hydrogen) atoms. The van der Waals surface area contributed by atoms with E-state index in [2.05, 4.69) is 13.8 Å². The van der Waals surface area contributed by atoms with Gasteiger partial charge in [-0.3, -0.25) is 9.59 Å². The summed E-state index contributed by atoms with van der Waals surface area (Å²) < 4.78 is 0. The molecule has 0 aromatic carbocycles. The molecular formula is C33H70O9. The Labute approximate surface area is 257 Å². The van der Waals surface area contributed by atoms with Crippen molar-refractivity contribution in [1.82, 2.24) is 0 Å². The number of rotatable bonds is 27. The molecule has 0 atom stereocenters. The van der Waals surface area contributed by atoms with Gasteiger partial charge >= 0.3 is 11.9 Å². The molecule has 256 valence electrons. The highest BCUT2D eigenvalue weighted by Gasteiger charge is 1.98. The Morgan fingerprint density at radius 2 is 0.643 bits per heavy atom. The van der Waals surface area contributed by atoms with Crippen LogP contribution in [0.2, 0.25) is 0 Å². The summed E-state index contributed by atoms with van der Waals surface area (Å²) in [4.78, 5) is 20.5. The molecular weight excluding hydrogens is 540 g/mol. The van der Waals surface area contributed by atoms with Crippen molar-refractivity contribution in [2.45, 2.75) is 174 Å². The Balaban J connectivity index is -0.000000261. The fourth-order valence-corrected chi connectivity index (χ4v) is 3.94. The maximum Gasteiger partial charge on any atom is 0.303 e. The van der Waals surface area contributed by atoms with Crippen LogP contribution >= 0.6 is 0 Å². The van der Waals surface area contributed by atoms with Crippen molar-refractivity contribution in [3.63, 3.8) is 0 Å². The Morgan fingerprint density at radius 3 is 0.786 bits per heavy atom. The smallest absolute Gasteiger partial charge is 0.303 e. The zero-order chi connectivity index (χ0) is 32.5. The largest absolute Gasteiger partial charge is 0.481 e. The van der Waals surface area contributed by atoms with Crippen LogP contribution in [0.15, 0.2) is 0 Å². The predicted octanol–water partition coefficient (Wildman–Crippen LogP) is 6.85. The number of carboxylic acids is 2. The molecule has 0 saturated carbocycles. The molecule has 0 heterocycles. The molecule has 0 radical (unpaired) electrons. The molecule has 0 amide bonds. The lowest BCUT2D eigenvalue weighted by atomic mass is 10.1. The summed E-state index contributed by atoms with van der Waals surface area (Å²) >= 11 is 0. The fraction of sp³-hybridized carbons (Fsp3) is 0.939. The second kappa shape index (κ2) is 46.7. The lowest BCUT2D eigenvalue weighted by Crippen LogP contribution is -2.15. The van der Waals surface area contributed by atoms with Crippen LogP contribution in [0.1, 0.15) is 168 Å². The maximum absolute atomic E-state index is 10.3. The van der Waals surface area contributed by atoms with Crippen molar-refractivity contribution in [1.29, 1.82) is 0 Å². The van der Waals surface area contributed by atoms with Gasteiger partial charge in [-0.05, 0) is 12.8 Å². The Kier molecular flexibility index (Phi) is 53.0. The number of unbranched alkanes of at least 4 members (excludes halogenated alkanes) is 20. The van der Waals surface area contributed by atoms with E-state index in [0.717, 1.165) is 25.7 Å². The summed E-state index contributed by atoms with van der Waals surface area (Å²) in [5.74, 6) is -1.31. The lowest BCUT2D eigenvalue weighted by molar-refractivity contribution is -0.138. The van der Waals surface area contributed by atoms with Crippen LogP contribution in [0.25, 0.3) is 0 Å². The molecule has 7 N–H and O–H groups in total. The first-order valence-corrected chi connectivity index (χ1v) is 16.8. The summed E-state index contributed by atoms with van der Waals surface area (Å²) in [6, 6.07) is 0. The van der Waals surface area contributed by atoms with Gasteiger partial charge in [-0.2, -0.15) is 0 Å². The lowest BCUT2D eigenvalue weighted by Gasteiger charge is -2.01. The average Bonchev–Trinajstić information content (AvgIpc) is 2.98. The fourth-order valence-electron chi connectivity index (χ4n) is 3.94. The molecule has 0 aliphatic heterocycles. The van der Waals surface area contributed by atoms with Gasteiger partial charge in [-0.25, -0.2) is 0 Å².